The van der Waals surface area contributed by atoms with Crippen LogP contribution in [0, 0.1) is 23.0 Å². The maximum atomic E-state index is 12.7. The summed E-state index contributed by atoms with van der Waals surface area (Å²) in [6.07, 6.45) is 0.876. The molecule has 0 radical (unpaired) electrons. The van der Waals surface area contributed by atoms with Crippen LogP contribution >= 0.6 is 15.9 Å². The van der Waals surface area contributed by atoms with Crippen LogP contribution in [0.5, 0.6) is 5.75 Å². The minimum atomic E-state index is -0.491. The molecule has 0 unspecified atom stereocenters. The quantitative estimate of drug-likeness (QED) is 0.483. The molecule has 0 saturated heterocycles. The molecule has 0 aromatic heterocycles. The van der Waals surface area contributed by atoms with Gasteiger partial charge in [0.05, 0.1) is 22.8 Å². The Morgan fingerprint density at radius 3 is 2.65 bits per heavy atom. The van der Waals surface area contributed by atoms with Crippen molar-refractivity contribution < 1.29 is 14.5 Å². The van der Waals surface area contributed by atoms with Crippen molar-refractivity contribution in [2.24, 2.45) is 5.92 Å². The SMILES string of the molecule is Cc1ccc([N+](=O)[O-])cc1NC(=O)c1cc(Br)ccc1OCCC(C)C. The number of carbonyl (C=O) groups excluding carboxylic acids is 1. The second kappa shape index (κ2) is 8.80. The van der Waals surface area contributed by atoms with Crippen molar-refractivity contribution in [2.75, 3.05) is 11.9 Å². The number of nitrogens with one attached hydrogen (secondary N) is 1. The fourth-order valence-corrected chi connectivity index (χ4v) is 2.62. The smallest absolute Gasteiger partial charge is 0.271 e. The van der Waals surface area contributed by atoms with Crippen LogP contribution in [0.25, 0.3) is 0 Å². The fourth-order valence-electron chi connectivity index (χ4n) is 2.26. The Morgan fingerprint density at radius 2 is 2.00 bits per heavy atom. The largest absolute Gasteiger partial charge is 0.493 e. The average molecular weight is 421 g/mol. The lowest BCUT2D eigenvalue weighted by Crippen LogP contribution is -2.15. The van der Waals surface area contributed by atoms with Crippen molar-refractivity contribution in [3.05, 3.63) is 62.1 Å². The number of carbonyl (C=O) groups is 1. The van der Waals surface area contributed by atoms with E-state index in [-0.39, 0.29) is 11.6 Å². The highest BCUT2D eigenvalue weighted by atomic mass is 79.9. The van der Waals surface area contributed by atoms with Gasteiger partial charge in [-0.25, -0.2) is 0 Å². The van der Waals surface area contributed by atoms with Crippen LogP contribution in [0.1, 0.15) is 36.2 Å². The molecule has 1 N–H and O–H groups in total. The first kappa shape index (κ1) is 19.9. The van der Waals surface area contributed by atoms with E-state index in [4.69, 9.17) is 4.74 Å². The molecular weight excluding hydrogens is 400 g/mol. The minimum Gasteiger partial charge on any atom is -0.493 e. The lowest BCUT2D eigenvalue weighted by Gasteiger charge is -2.14. The second-order valence-electron chi connectivity index (χ2n) is 6.38. The molecule has 2 aromatic rings. The Bertz CT molecular complexity index is 821. The van der Waals surface area contributed by atoms with Crippen LogP contribution in [0.4, 0.5) is 11.4 Å². The normalized spacial score (nSPS) is 10.7. The summed E-state index contributed by atoms with van der Waals surface area (Å²) in [5, 5.41) is 13.7. The summed E-state index contributed by atoms with van der Waals surface area (Å²) in [4.78, 5) is 23.2. The molecular formula is C19H21BrN2O4. The van der Waals surface area contributed by atoms with Gasteiger partial charge in [0.15, 0.2) is 0 Å². The van der Waals surface area contributed by atoms with Crippen LogP contribution < -0.4 is 10.1 Å². The van der Waals surface area contributed by atoms with Crippen LogP contribution in [-0.4, -0.2) is 17.4 Å². The van der Waals surface area contributed by atoms with E-state index >= 15 is 0 Å². The van der Waals surface area contributed by atoms with Gasteiger partial charge in [0.1, 0.15) is 5.75 Å². The van der Waals surface area contributed by atoms with Crippen LogP contribution in [0.15, 0.2) is 40.9 Å². The summed E-state index contributed by atoms with van der Waals surface area (Å²) >= 11 is 3.36. The first-order chi connectivity index (χ1) is 12.3. The zero-order chi connectivity index (χ0) is 19.3. The molecule has 0 aliphatic heterocycles. The lowest BCUT2D eigenvalue weighted by atomic mass is 10.1. The summed E-state index contributed by atoms with van der Waals surface area (Å²) in [7, 11) is 0. The number of anilines is 1. The van der Waals surface area contributed by atoms with Crippen LogP contribution in [0.2, 0.25) is 0 Å². The Morgan fingerprint density at radius 1 is 1.27 bits per heavy atom. The number of nitro benzene ring substituents is 1. The molecule has 6 nitrogen and oxygen atoms in total. The maximum absolute atomic E-state index is 12.7. The minimum absolute atomic E-state index is 0.0754. The van der Waals surface area contributed by atoms with Gasteiger partial charge in [-0.05, 0) is 43.0 Å². The number of hydrogen-bond acceptors (Lipinski definition) is 4. The monoisotopic (exact) mass is 420 g/mol. The molecule has 0 fully saturated rings. The number of nitrogens with zero attached hydrogens (tertiary/aromatic N) is 1. The maximum Gasteiger partial charge on any atom is 0.271 e. The molecule has 0 heterocycles. The van der Waals surface area contributed by atoms with Crippen LogP contribution in [0.3, 0.4) is 0 Å². The molecule has 0 spiro atoms. The molecule has 1 amide bonds. The number of benzene rings is 2. The van der Waals surface area contributed by atoms with Crippen LogP contribution in [-0.2, 0) is 0 Å². The van der Waals surface area contributed by atoms with Gasteiger partial charge in [-0.2, -0.15) is 0 Å². The Labute approximate surface area is 160 Å². The third-order valence-corrected chi connectivity index (χ3v) is 4.31. The van der Waals surface area contributed by atoms with E-state index < -0.39 is 4.92 Å². The Balaban J connectivity index is 2.25. The summed E-state index contributed by atoms with van der Waals surface area (Å²) in [5.74, 6) is 0.596. The van der Waals surface area contributed by atoms with Gasteiger partial charge in [0.2, 0.25) is 0 Å². The highest BCUT2D eigenvalue weighted by Crippen LogP contribution is 2.27. The number of hydrogen-bond donors (Lipinski definition) is 1. The van der Waals surface area contributed by atoms with Crippen molar-refractivity contribution in [1.82, 2.24) is 0 Å². The van der Waals surface area contributed by atoms with Gasteiger partial charge in [0.25, 0.3) is 11.6 Å². The Hall–Kier alpha value is -2.41. The van der Waals surface area contributed by atoms with Gasteiger partial charge in [0, 0.05) is 16.6 Å². The number of ether oxygens (including phenoxy) is 1. The molecule has 7 heteroatoms. The van der Waals surface area contributed by atoms with Gasteiger partial charge < -0.3 is 10.1 Å². The van der Waals surface area contributed by atoms with E-state index in [2.05, 4.69) is 35.1 Å². The van der Waals surface area contributed by atoms with Crippen molar-refractivity contribution in [3.8, 4) is 5.75 Å². The number of halogens is 1. The third-order valence-electron chi connectivity index (χ3n) is 3.82. The molecule has 2 aromatic carbocycles. The summed E-state index contributed by atoms with van der Waals surface area (Å²) in [5.41, 5.74) is 1.43. The molecule has 0 bridgehead atoms. The van der Waals surface area contributed by atoms with Gasteiger partial charge >= 0.3 is 0 Å². The molecule has 26 heavy (non-hydrogen) atoms. The number of aryl methyl sites for hydroxylation is 1. The Kier molecular flexibility index (Phi) is 6.74. The average Bonchev–Trinajstić information content (AvgIpc) is 2.57. The molecule has 2 rings (SSSR count). The number of amides is 1. The summed E-state index contributed by atoms with van der Waals surface area (Å²) in [6, 6.07) is 9.58. The van der Waals surface area contributed by atoms with Crippen molar-refractivity contribution in [1.29, 1.82) is 0 Å². The molecule has 0 atom stereocenters. The van der Waals surface area contributed by atoms with Crippen molar-refractivity contribution in [3.63, 3.8) is 0 Å². The predicted molar refractivity (Wildman–Crippen MR) is 105 cm³/mol. The predicted octanol–water partition coefficient (Wildman–Crippen LogP) is 5.34. The van der Waals surface area contributed by atoms with Crippen molar-refractivity contribution in [2.45, 2.75) is 27.2 Å². The van der Waals surface area contributed by atoms with E-state index in [1.165, 1.54) is 12.1 Å². The molecule has 0 saturated carbocycles. The lowest BCUT2D eigenvalue weighted by molar-refractivity contribution is -0.384. The number of nitro groups is 1. The molecule has 0 aliphatic carbocycles. The van der Waals surface area contributed by atoms with E-state index in [9.17, 15) is 14.9 Å². The third kappa shape index (κ3) is 5.29. The van der Waals surface area contributed by atoms with E-state index in [1.807, 2.05) is 0 Å². The number of rotatable bonds is 7. The highest BCUT2D eigenvalue weighted by molar-refractivity contribution is 9.10. The molecule has 138 valence electrons. The summed E-state index contributed by atoms with van der Waals surface area (Å²) < 4.78 is 6.51. The van der Waals surface area contributed by atoms with E-state index in [0.29, 0.717) is 29.5 Å². The number of non-ortho nitro benzene ring substituents is 1. The first-order valence-corrected chi connectivity index (χ1v) is 9.06. The summed E-state index contributed by atoms with van der Waals surface area (Å²) in [6.45, 7) is 6.49. The molecule has 0 aliphatic rings. The zero-order valence-electron chi connectivity index (χ0n) is 14.9. The van der Waals surface area contributed by atoms with E-state index in [1.54, 1.807) is 31.2 Å². The first-order valence-electron chi connectivity index (χ1n) is 8.26. The fraction of sp³-hybridized carbons (Fsp3) is 0.316. The van der Waals surface area contributed by atoms with Crippen molar-refractivity contribution >= 4 is 33.2 Å². The standard InChI is InChI=1S/C19H21BrN2O4/c1-12(2)8-9-26-18-7-5-14(20)10-16(18)19(23)21-17-11-15(22(24)25)6-4-13(17)3/h4-7,10-12H,8-9H2,1-3H3,(H,21,23). The highest BCUT2D eigenvalue weighted by Gasteiger charge is 2.16. The topological polar surface area (TPSA) is 81.5 Å². The van der Waals surface area contributed by atoms with E-state index in [0.717, 1.165) is 16.5 Å². The van der Waals surface area contributed by atoms with Gasteiger partial charge in [-0.3, -0.25) is 14.9 Å². The van der Waals surface area contributed by atoms with Gasteiger partial charge in [-0.1, -0.05) is 35.8 Å². The zero-order valence-corrected chi connectivity index (χ0v) is 16.5. The second-order valence-corrected chi connectivity index (χ2v) is 7.30. The van der Waals surface area contributed by atoms with Gasteiger partial charge in [-0.15, -0.1) is 0 Å².